The number of nitrogens with zero attached hydrogens (tertiary/aromatic N) is 3. The minimum absolute atomic E-state index is 0. The van der Waals surface area contributed by atoms with E-state index in [0.29, 0.717) is 24.9 Å². The molecule has 1 aromatic rings. The summed E-state index contributed by atoms with van der Waals surface area (Å²) in [6.07, 6.45) is 1.74. The average molecular weight is 463 g/mol. The third kappa shape index (κ3) is 8.89. The van der Waals surface area contributed by atoms with Gasteiger partial charge in [-0.1, -0.05) is 32.9 Å². The number of carbonyl (C=O) groups is 1. The molecular formula is C17H30IN5O2. The number of rotatable bonds is 6. The van der Waals surface area contributed by atoms with Crippen molar-refractivity contribution in [2.24, 2.45) is 4.99 Å². The Bertz CT molecular complexity index is 602. The summed E-state index contributed by atoms with van der Waals surface area (Å²) in [6, 6.07) is 0. The Morgan fingerprint density at radius 1 is 1.36 bits per heavy atom. The highest BCUT2D eigenvalue weighted by atomic mass is 127. The van der Waals surface area contributed by atoms with Crippen LogP contribution in [0.3, 0.4) is 0 Å². The summed E-state index contributed by atoms with van der Waals surface area (Å²) < 4.78 is 5.74. The van der Waals surface area contributed by atoms with Gasteiger partial charge in [-0.3, -0.25) is 4.79 Å². The van der Waals surface area contributed by atoms with Crippen LogP contribution in [0.5, 0.6) is 0 Å². The fraction of sp³-hybridized carbons (Fsp3) is 0.588. The lowest BCUT2D eigenvalue weighted by Gasteiger charge is -2.14. The van der Waals surface area contributed by atoms with Gasteiger partial charge in [0.05, 0.1) is 12.7 Å². The Hall–Kier alpha value is -1.58. The van der Waals surface area contributed by atoms with Gasteiger partial charge in [-0.25, -0.2) is 9.98 Å². The van der Waals surface area contributed by atoms with Crippen molar-refractivity contribution in [3.63, 3.8) is 0 Å². The van der Waals surface area contributed by atoms with Gasteiger partial charge in [-0.05, 0) is 6.92 Å². The molecule has 1 heterocycles. The standard InChI is InChI=1S/C17H29N5O2.HI/c1-12(2)8-19-16(21-11-15(23)22(6)7)20-10-14-18-9-13(24-14)17(3,4)5;/h9H,1,8,10-11H2,2-7H3,(H2,19,20,21);1H. The van der Waals surface area contributed by atoms with E-state index in [1.165, 1.54) is 4.90 Å². The zero-order valence-electron chi connectivity index (χ0n) is 16.0. The fourth-order valence-corrected chi connectivity index (χ4v) is 1.60. The number of aromatic nitrogens is 1. The molecule has 0 aromatic carbocycles. The monoisotopic (exact) mass is 463 g/mol. The number of aliphatic imine (C=N–C) groups is 1. The highest BCUT2D eigenvalue weighted by Crippen LogP contribution is 2.22. The van der Waals surface area contributed by atoms with E-state index in [4.69, 9.17) is 4.42 Å². The number of nitrogens with one attached hydrogen (secondary N) is 2. The molecule has 8 heteroatoms. The number of hydrogen-bond donors (Lipinski definition) is 2. The summed E-state index contributed by atoms with van der Waals surface area (Å²) in [5, 5.41) is 6.24. The van der Waals surface area contributed by atoms with E-state index in [1.54, 1.807) is 20.3 Å². The number of oxazole rings is 1. The van der Waals surface area contributed by atoms with Crippen molar-refractivity contribution < 1.29 is 9.21 Å². The van der Waals surface area contributed by atoms with Crippen LogP contribution in [-0.4, -0.2) is 48.9 Å². The van der Waals surface area contributed by atoms with Crippen LogP contribution in [0.2, 0.25) is 0 Å². The number of amides is 1. The topological polar surface area (TPSA) is 82.8 Å². The molecule has 0 saturated heterocycles. The van der Waals surface area contributed by atoms with Crippen molar-refractivity contribution in [2.75, 3.05) is 27.2 Å². The quantitative estimate of drug-likeness (QED) is 0.293. The lowest BCUT2D eigenvalue weighted by atomic mass is 9.94. The summed E-state index contributed by atoms with van der Waals surface area (Å²) in [7, 11) is 3.40. The van der Waals surface area contributed by atoms with Crippen molar-refractivity contribution in [2.45, 2.75) is 39.7 Å². The van der Waals surface area contributed by atoms with Crippen molar-refractivity contribution in [1.29, 1.82) is 0 Å². The summed E-state index contributed by atoms with van der Waals surface area (Å²) in [4.78, 5) is 21.7. The third-order valence-electron chi connectivity index (χ3n) is 3.13. The van der Waals surface area contributed by atoms with Crippen molar-refractivity contribution in [1.82, 2.24) is 20.5 Å². The zero-order chi connectivity index (χ0) is 18.3. The van der Waals surface area contributed by atoms with Gasteiger partial charge in [-0.2, -0.15) is 0 Å². The first-order valence-electron chi connectivity index (χ1n) is 7.91. The number of carbonyl (C=O) groups excluding carboxylic acids is 1. The van der Waals surface area contributed by atoms with Gasteiger partial charge >= 0.3 is 0 Å². The minimum atomic E-state index is -0.0848. The SMILES string of the molecule is C=C(C)CNC(=NCC(=O)N(C)C)NCc1ncc(C(C)(C)C)o1.I. The molecule has 25 heavy (non-hydrogen) atoms. The van der Waals surface area contributed by atoms with Crippen molar-refractivity contribution in [3.8, 4) is 0 Å². The molecule has 1 amide bonds. The third-order valence-corrected chi connectivity index (χ3v) is 3.13. The van der Waals surface area contributed by atoms with Gasteiger partial charge in [0.15, 0.2) is 5.96 Å². The number of halogens is 1. The predicted molar refractivity (Wildman–Crippen MR) is 111 cm³/mol. The maximum absolute atomic E-state index is 11.7. The van der Waals surface area contributed by atoms with Crippen LogP contribution in [0, 0.1) is 0 Å². The van der Waals surface area contributed by atoms with Gasteiger partial charge in [0.1, 0.15) is 12.3 Å². The van der Waals surface area contributed by atoms with Gasteiger partial charge in [-0.15, -0.1) is 24.0 Å². The second-order valence-electron chi connectivity index (χ2n) is 6.99. The number of guanidine groups is 1. The van der Waals surface area contributed by atoms with Gasteiger partial charge in [0.2, 0.25) is 11.8 Å². The summed E-state index contributed by atoms with van der Waals surface area (Å²) >= 11 is 0. The maximum Gasteiger partial charge on any atom is 0.243 e. The molecule has 0 spiro atoms. The molecule has 7 nitrogen and oxygen atoms in total. The van der Waals surface area contributed by atoms with Crippen LogP contribution < -0.4 is 10.6 Å². The predicted octanol–water partition coefficient (Wildman–Crippen LogP) is 2.29. The van der Waals surface area contributed by atoms with E-state index in [9.17, 15) is 4.79 Å². The summed E-state index contributed by atoms with van der Waals surface area (Å²) in [6.45, 7) is 13.0. The molecule has 0 fully saturated rings. The molecule has 0 aliphatic heterocycles. The smallest absolute Gasteiger partial charge is 0.243 e. The molecule has 2 N–H and O–H groups in total. The first-order chi connectivity index (χ1) is 11.1. The summed E-state index contributed by atoms with van der Waals surface area (Å²) in [5.41, 5.74) is 0.882. The highest BCUT2D eigenvalue weighted by Gasteiger charge is 2.19. The van der Waals surface area contributed by atoms with Crippen LogP contribution in [0.15, 0.2) is 27.8 Å². The zero-order valence-corrected chi connectivity index (χ0v) is 18.3. The van der Waals surface area contributed by atoms with Gasteiger partial charge < -0.3 is 20.0 Å². The van der Waals surface area contributed by atoms with Crippen LogP contribution in [0.25, 0.3) is 0 Å². The lowest BCUT2D eigenvalue weighted by molar-refractivity contribution is -0.127. The molecule has 0 saturated carbocycles. The molecular weight excluding hydrogens is 433 g/mol. The van der Waals surface area contributed by atoms with E-state index in [2.05, 4.69) is 48.0 Å². The van der Waals surface area contributed by atoms with E-state index < -0.39 is 0 Å². The molecule has 0 atom stereocenters. The Labute approximate surface area is 167 Å². The highest BCUT2D eigenvalue weighted by molar-refractivity contribution is 14.0. The summed E-state index contributed by atoms with van der Waals surface area (Å²) in [5.74, 6) is 1.85. The fourth-order valence-electron chi connectivity index (χ4n) is 1.60. The Morgan fingerprint density at radius 3 is 2.48 bits per heavy atom. The Balaban J connectivity index is 0.00000576. The first kappa shape index (κ1) is 23.4. The van der Waals surface area contributed by atoms with Crippen molar-refractivity contribution in [3.05, 3.63) is 30.0 Å². The first-order valence-corrected chi connectivity index (χ1v) is 7.91. The van der Waals surface area contributed by atoms with Crippen LogP contribution in [-0.2, 0) is 16.8 Å². The molecule has 0 aliphatic rings. The van der Waals surface area contributed by atoms with Crippen LogP contribution >= 0.6 is 24.0 Å². The van der Waals surface area contributed by atoms with E-state index >= 15 is 0 Å². The Kier molecular flexibility index (Phi) is 9.76. The Morgan fingerprint density at radius 2 is 2.00 bits per heavy atom. The van der Waals surface area contributed by atoms with Gasteiger partial charge in [0, 0.05) is 26.1 Å². The molecule has 1 rings (SSSR count). The second-order valence-corrected chi connectivity index (χ2v) is 6.99. The largest absolute Gasteiger partial charge is 0.443 e. The minimum Gasteiger partial charge on any atom is -0.443 e. The van der Waals surface area contributed by atoms with E-state index in [1.807, 2.05) is 6.92 Å². The second kappa shape index (κ2) is 10.4. The molecule has 0 radical (unpaired) electrons. The van der Waals surface area contributed by atoms with E-state index in [0.717, 1.165) is 11.3 Å². The van der Waals surface area contributed by atoms with E-state index in [-0.39, 0.29) is 41.8 Å². The molecule has 0 aliphatic carbocycles. The van der Waals surface area contributed by atoms with Crippen LogP contribution in [0.1, 0.15) is 39.3 Å². The van der Waals surface area contributed by atoms with Crippen molar-refractivity contribution >= 4 is 35.8 Å². The molecule has 0 unspecified atom stereocenters. The normalized spacial score (nSPS) is 11.5. The molecule has 142 valence electrons. The van der Waals surface area contributed by atoms with Crippen LogP contribution in [0.4, 0.5) is 0 Å². The average Bonchev–Trinajstić information content (AvgIpc) is 2.94. The van der Waals surface area contributed by atoms with Gasteiger partial charge in [0.25, 0.3) is 0 Å². The number of likely N-dealkylation sites (N-methyl/N-ethyl adjacent to an activating group) is 1. The lowest BCUT2D eigenvalue weighted by Crippen LogP contribution is -2.39. The maximum atomic E-state index is 11.7. The molecule has 1 aromatic heterocycles. The molecule has 0 bridgehead atoms. The number of hydrogen-bond acceptors (Lipinski definition) is 4.